The van der Waals surface area contributed by atoms with Gasteiger partial charge in [0.2, 0.25) is 0 Å². The maximum atomic E-state index is 12.7. The summed E-state index contributed by atoms with van der Waals surface area (Å²) >= 11 is 0. The lowest BCUT2D eigenvalue weighted by molar-refractivity contribution is -0.133. The fourth-order valence-electron chi connectivity index (χ4n) is 1.86. The molecule has 2 rings (SSSR count). The first-order chi connectivity index (χ1) is 8.75. The number of carbonyl (C=O) groups excluding carboxylic acids is 1. The molecule has 106 valence electrons. The molecule has 1 aliphatic heterocycles. The second-order valence-corrected chi connectivity index (χ2v) is 4.23. The molecule has 0 spiro atoms. The predicted octanol–water partition coefficient (Wildman–Crippen LogP) is 1.45. The van der Waals surface area contributed by atoms with E-state index in [-0.39, 0.29) is 30.7 Å². The molecule has 0 aromatic heterocycles. The molecule has 4 nitrogen and oxygen atoms in total. The zero-order valence-electron chi connectivity index (χ0n) is 10.6. The largest absolute Gasteiger partial charge is 0.484 e. The number of ether oxygens (including phenoxy) is 1. The number of nitrogens with one attached hydrogen (secondary N) is 1. The van der Waals surface area contributed by atoms with Crippen molar-refractivity contribution in [3.63, 3.8) is 0 Å². The number of nitrogens with zero attached hydrogens (tertiary/aromatic N) is 1. The summed E-state index contributed by atoms with van der Waals surface area (Å²) in [5.74, 6) is 0.174. The first-order valence-corrected chi connectivity index (χ1v) is 6.12. The Morgan fingerprint density at radius 2 is 2.00 bits per heavy atom. The first kappa shape index (κ1) is 15.7. The Balaban J connectivity index is 0.00000180. The van der Waals surface area contributed by atoms with Crippen molar-refractivity contribution in [3.8, 4) is 5.75 Å². The van der Waals surface area contributed by atoms with Gasteiger partial charge in [-0.2, -0.15) is 0 Å². The van der Waals surface area contributed by atoms with Crippen molar-refractivity contribution in [2.75, 3.05) is 32.8 Å². The van der Waals surface area contributed by atoms with E-state index in [2.05, 4.69) is 5.32 Å². The number of carbonyl (C=O) groups is 1. The maximum Gasteiger partial charge on any atom is 0.260 e. The molecule has 0 atom stereocenters. The van der Waals surface area contributed by atoms with E-state index in [9.17, 15) is 9.18 Å². The van der Waals surface area contributed by atoms with E-state index in [4.69, 9.17) is 4.74 Å². The standard InChI is InChI=1S/C13H17FN2O2.ClH/c14-11-2-4-12(5-3-11)18-10-13(17)16-8-1-6-15-7-9-16;/h2-5,15H,1,6-10H2;1H. The summed E-state index contributed by atoms with van der Waals surface area (Å²) in [5.41, 5.74) is 0. The highest BCUT2D eigenvalue weighted by Gasteiger charge is 2.15. The van der Waals surface area contributed by atoms with E-state index in [1.54, 1.807) is 4.90 Å². The van der Waals surface area contributed by atoms with Crippen molar-refractivity contribution in [1.82, 2.24) is 10.2 Å². The smallest absolute Gasteiger partial charge is 0.260 e. The van der Waals surface area contributed by atoms with Crippen molar-refractivity contribution in [1.29, 1.82) is 0 Å². The van der Waals surface area contributed by atoms with E-state index >= 15 is 0 Å². The SMILES string of the molecule is Cl.O=C(COc1ccc(F)cc1)N1CCCNCC1. The lowest BCUT2D eigenvalue weighted by Gasteiger charge is -2.19. The third kappa shape index (κ3) is 5.04. The summed E-state index contributed by atoms with van der Waals surface area (Å²) in [6, 6.07) is 5.67. The van der Waals surface area contributed by atoms with Crippen LogP contribution in [0.4, 0.5) is 4.39 Å². The number of amides is 1. The van der Waals surface area contributed by atoms with Crippen LogP contribution in [0.3, 0.4) is 0 Å². The molecule has 0 unspecified atom stereocenters. The van der Waals surface area contributed by atoms with E-state index < -0.39 is 0 Å². The van der Waals surface area contributed by atoms with Crippen LogP contribution in [0.2, 0.25) is 0 Å². The second kappa shape index (κ2) is 7.96. The van der Waals surface area contributed by atoms with Crippen LogP contribution in [0.1, 0.15) is 6.42 Å². The fourth-order valence-corrected chi connectivity index (χ4v) is 1.86. The lowest BCUT2D eigenvalue weighted by atomic mass is 10.3. The molecule has 1 aromatic rings. The van der Waals surface area contributed by atoms with Crippen molar-refractivity contribution < 1.29 is 13.9 Å². The Hall–Kier alpha value is -1.33. The second-order valence-electron chi connectivity index (χ2n) is 4.23. The Morgan fingerprint density at radius 3 is 2.74 bits per heavy atom. The zero-order valence-corrected chi connectivity index (χ0v) is 11.4. The van der Waals surface area contributed by atoms with Crippen LogP contribution < -0.4 is 10.1 Å². The molecular formula is C13H18ClFN2O2. The van der Waals surface area contributed by atoms with Crippen LogP contribution in [0, 0.1) is 5.82 Å². The summed E-state index contributed by atoms with van der Waals surface area (Å²) in [4.78, 5) is 13.7. The van der Waals surface area contributed by atoms with Gasteiger partial charge in [0.25, 0.3) is 5.91 Å². The highest BCUT2D eigenvalue weighted by molar-refractivity contribution is 5.85. The van der Waals surface area contributed by atoms with Gasteiger partial charge in [0.15, 0.2) is 6.61 Å². The molecule has 1 saturated heterocycles. The molecule has 0 aliphatic carbocycles. The monoisotopic (exact) mass is 288 g/mol. The van der Waals surface area contributed by atoms with E-state index in [1.807, 2.05) is 0 Å². The number of benzene rings is 1. The molecule has 1 amide bonds. The van der Waals surface area contributed by atoms with Crippen LogP contribution in [-0.4, -0.2) is 43.6 Å². The van der Waals surface area contributed by atoms with Gasteiger partial charge in [-0.3, -0.25) is 4.79 Å². The topological polar surface area (TPSA) is 41.6 Å². The van der Waals surface area contributed by atoms with E-state index in [0.717, 1.165) is 26.1 Å². The Kier molecular flexibility index (Phi) is 6.59. The van der Waals surface area contributed by atoms with Gasteiger partial charge in [-0.1, -0.05) is 0 Å². The normalized spacial score (nSPS) is 15.3. The number of hydrogen-bond donors (Lipinski definition) is 1. The Labute approximate surface area is 118 Å². The van der Waals surface area contributed by atoms with Gasteiger partial charge in [0.1, 0.15) is 11.6 Å². The van der Waals surface area contributed by atoms with Gasteiger partial charge in [-0.25, -0.2) is 4.39 Å². The molecule has 1 fully saturated rings. The molecule has 1 aromatic carbocycles. The van der Waals surface area contributed by atoms with Gasteiger partial charge in [0, 0.05) is 19.6 Å². The summed E-state index contributed by atoms with van der Waals surface area (Å²) in [5, 5.41) is 3.24. The van der Waals surface area contributed by atoms with Gasteiger partial charge in [-0.05, 0) is 37.2 Å². The Morgan fingerprint density at radius 1 is 1.26 bits per heavy atom. The van der Waals surface area contributed by atoms with Crippen LogP contribution in [0.25, 0.3) is 0 Å². The Bertz CT molecular complexity index is 392. The van der Waals surface area contributed by atoms with Gasteiger partial charge in [0.05, 0.1) is 0 Å². The van der Waals surface area contributed by atoms with Crippen molar-refractivity contribution >= 4 is 18.3 Å². The molecule has 0 saturated carbocycles. The van der Waals surface area contributed by atoms with Gasteiger partial charge < -0.3 is 15.0 Å². The number of halogens is 2. The van der Waals surface area contributed by atoms with Crippen LogP contribution in [-0.2, 0) is 4.79 Å². The fraction of sp³-hybridized carbons (Fsp3) is 0.462. The maximum absolute atomic E-state index is 12.7. The van der Waals surface area contributed by atoms with Crippen LogP contribution >= 0.6 is 12.4 Å². The quantitative estimate of drug-likeness (QED) is 0.915. The van der Waals surface area contributed by atoms with Crippen molar-refractivity contribution in [3.05, 3.63) is 30.1 Å². The molecule has 1 heterocycles. The first-order valence-electron chi connectivity index (χ1n) is 6.12. The average Bonchev–Trinajstić information content (AvgIpc) is 2.66. The van der Waals surface area contributed by atoms with Gasteiger partial charge in [-0.15, -0.1) is 12.4 Å². The predicted molar refractivity (Wildman–Crippen MR) is 73.2 cm³/mol. The van der Waals surface area contributed by atoms with Crippen molar-refractivity contribution in [2.24, 2.45) is 0 Å². The molecule has 1 aliphatic rings. The average molecular weight is 289 g/mol. The third-order valence-corrected chi connectivity index (χ3v) is 2.87. The minimum Gasteiger partial charge on any atom is -0.484 e. The molecule has 19 heavy (non-hydrogen) atoms. The summed E-state index contributed by atoms with van der Waals surface area (Å²) in [6.45, 7) is 3.25. The molecular weight excluding hydrogens is 271 g/mol. The zero-order chi connectivity index (χ0) is 12.8. The van der Waals surface area contributed by atoms with Gasteiger partial charge >= 0.3 is 0 Å². The molecule has 0 radical (unpaired) electrons. The highest BCUT2D eigenvalue weighted by atomic mass is 35.5. The number of hydrogen-bond acceptors (Lipinski definition) is 3. The molecule has 0 bridgehead atoms. The minimum absolute atomic E-state index is 0. The van der Waals surface area contributed by atoms with Crippen molar-refractivity contribution in [2.45, 2.75) is 6.42 Å². The molecule has 1 N–H and O–H groups in total. The third-order valence-electron chi connectivity index (χ3n) is 2.87. The van der Waals surface area contributed by atoms with Crippen LogP contribution in [0.15, 0.2) is 24.3 Å². The number of rotatable bonds is 3. The molecule has 6 heteroatoms. The van der Waals surface area contributed by atoms with E-state index in [0.29, 0.717) is 12.3 Å². The van der Waals surface area contributed by atoms with Crippen LogP contribution in [0.5, 0.6) is 5.75 Å². The summed E-state index contributed by atoms with van der Waals surface area (Å²) in [6.07, 6.45) is 0.961. The highest BCUT2D eigenvalue weighted by Crippen LogP contribution is 2.11. The van der Waals surface area contributed by atoms with E-state index in [1.165, 1.54) is 24.3 Å². The summed E-state index contributed by atoms with van der Waals surface area (Å²) < 4.78 is 18.0. The minimum atomic E-state index is -0.313. The lowest BCUT2D eigenvalue weighted by Crippen LogP contribution is -2.37. The summed E-state index contributed by atoms with van der Waals surface area (Å²) in [7, 11) is 0.